The van der Waals surface area contributed by atoms with Crippen molar-refractivity contribution in [2.45, 2.75) is 12.5 Å². The number of nitrogens with zero attached hydrogens (tertiary/aromatic N) is 1. The molecule has 1 aromatic heterocycles. The fourth-order valence-electron chi connectivity index (χ4n) is 2.71. The summed E-state index contributed by atoms with van der Waals surface area (Å²) in [5, 5.41) is 2.16. The van der Waals surface area contributed by atoms with Crippen LogP contribution < -0.4 is 10.6 Å². The van der Waals surface area contributed by atoms with Gasteiger partial charge in [-0.3, -0.25) is 9.59 Å². The third-order valence-corrected chi connectivity index (χ3v) is 4.93. The molecule has 8 heteroatoms. The predicted octanol–water partition coefficient (Wildman–Crippen LogP) is 2.94. The zero-order valence-electron chi connectivity index (χ0n) is 12.6. The summed E-state index contributed by atoms with van der Waals surface area (Å²) in [6.07, 6.45) is 0. The van der Waals surface area contributed by atoms with E-state index < -0.39 is 17.9 Å². The van der Waals surface area contributed by atoms with E-state index in [1.807, 2.05) is 0 Å². The van der Waals surface area contributed by atoms with Crippen molar-refractivity contribution in [3.63, 3.8) is 0 Å². The molecule has 0 bridgehead atoms. The molecule has 1 unspecified atom stereocenters. The maximum absolute atomic E-state index is 12.8. The zero-order chi connectivity index (χ0) is 17.4. The van der Waals surface area contributed by atoms with Gasteiger partial charge in [0, 0.05) is 12.1 Å². The highest BCUT2D eigenvalue weighted by atomic mass is 35.5. The number of ketones is 1. The fourth-order valence-corrected chi connectivity index (χ4v) is 3.76. The minimum absolute atomic E-state index is 0.295. The van der Waals surface area contributed by atoms with Crippen LogP contribution in [0.4, 0.5) is 10.5 Å². The van der Waals surface area contributed by atoms with Gasteiger partial charge in [-0.25, -0.2) is 9.69 Å². The third kappa shape index (κ3) is 2.71. The number of fused-ring (bicyclic) bond motifs is 1. The van der Waals surface area contributed by atoms with Crippen molar-refractivity contribution in [1.29, 1.82) is 0 Å². The van der Waals surface area contributed by atoms with Crippen molar-refractivity contribution in [2.75, 3.05) is 12.0 Å². The Morgan fingerprint density at radius 1 is 1.38 bits per heavy atom. The van der Waals surface area contributed by atoms with Crippen molar-refractivity contribution >= 4 is 46.3 Å². The highest BCUT2D eigenvalue weighted by Crippen LogP contribution is 2.41. The van der Waals surface area contributed by atoms with Crippen LogP contribution in [0.1, 0.15) is 26.7 Å². The van der Waals surface area contributed by atoms with E-state index in [2.05, 4.69) is 0 Å². The largest absolute Gasteiger partial charge is 0.380 e. The van der Waals surface area contributed by atoms with Gasteiger partial charge in [-0.05, 0) is 40.8 Å². The second-order valence-electron chi connectivity index (χ2n) is 5.26. The molecule has 1 atom stereocenters. The molecule has 0 spiro atoms. The molecule has 0 radical (unpaired) electrons. The summed E-state index contributed by atoms with van der Waals surface area (Å²) in [5.74, 6) is -2.17. The number of primary amides is 1. The molecule has 0 fully saturated rings. The standard InChI is InChI=1S/C16H13ClN2O4S/c1-23-6-8-4-12(24-7-8)14(20)13-10-5-9(17)2-3-11(10)19(15(13)21)16(18)22/h2-5,7,13H,6H2,1H3,(H2,18,22). The normalized spacial score (nSPS) is 16.3. The molecule has 1 aliphatic heterocycles. The monoisotopic (exact) mass is 364 g/mol. The summed E-state index contributed by atoms with van der Waals surface area (Å²) < 4.78 is 5.03. The molecule has 2 N–H and O–H groups in total. The molecule has 6 nitrogen and oxygen atoms in total. The summed E-state index contributed by atoms with van der Waals surface area (Å²) in [6, 6.07) is 5.33. The van der Waals surface area contributed by atoms with Gasteiger partial charge in [-0.1, -0.05) is 11.6 Å². The van der Waals surface area contributed by atoms with Gasteiger partial charge in [0.2, 0.25) is 0 Å². The van der Waals surface area contributed by atoms with E-state index in [4.69, 9.17) is 22.1 Å². The van der Waals surface area contributed by atoms with Crippen molar-refractivity contribution in [2.24, 2.45) is 5.73 Å². The van der Waals surface area contributed by atoms with Gasteiger partial charge in [0.05, 0.1) is 17.2 Å². The summed E-state index contributed by atoms with van der Waals surface area (Å²) in [6.45, 7) is 0.373. The number of thiophene rings is 1. The molecule has 0 saturated carbocycles. The highest BCUT2D eigenvalue weighted by molar-refractivity contribution is 7.12. The summed E-state index contributed by atoms with van der Waals surface area (Å²) in [4.78, 5) is 38.3. The SMILES string of the molecule is COCc1csc(C(=O)C2C(=O)N(C(N)=O)c3ccc(Cl)cc32)c1. The van der Waals surface area contributed by atoms with Gasteiger partial charge >= 0.3 is 6.03 Å². The Balaban J connectivity index is 2.03. The number of Topliss-reactive ketones (excluding diaryl/α,β-unsaturated/α-hetero) is 1. The molecular formula is C16H13ClN2O4S. The number of nitrogens with two attached hydrogens (primary N) is 1. The molecule has 2 aromatic rings. The molecular weight excluding hydrogens is 352 g/mol. The van der Waals surface area contributed by atoms with E-state index in [0.717, 1.165) is 10.5 Å². The summed E-state index contributed by atoms with van der Waals surface area (Å²) >= 11 is 7.21. The van der Waals surface area contributed by atoms with Crippen LogP contribution in [0, 0.1) is 0 Å². The first-order valence-corrected chi connectivity index (χ1v) is 8.23. The molecule has 0 saturated heterocycles. The van der Waals surface area contributed by atoms with E-state index >= 15 is 0 Å². The number of amides is 3. The number of hydrogen-bond donors (Lipinski definition) is 1. The summed E-state index contributed by atoms with van der Waals surface area (Å²) in [7, 11) is 1.56. The first-order valence-electron chi connectivity index (χ1n) is 6.97. The van der Waals surface area contributed by atoms with Crippen LogP contribution in [-0.2, 0) is 16.1 Å². The van der Waals surface area contributed by atoms with E-state index in [1.54, 1.807) is 18.6 Å². The first-order chi connectivity index (χ1) is 11.4. The lowest BCUT2D eigenvalue weighted by Crippen LogP contribution is -2.40. The van der Waals surface area contributed by atoms with Gasteiger partial charge in [0.1, 0.15) is 5.92 Å². The molecule has 1 aromatic carbocycles. The smallest absolute Gasteiger partial charge is 0.326 e. The lowest BCUT2D eigenvalue weighted by atomic mass is 9.95. The van der Waals surface area contributed by atoms with Gasteiger partial charge in [0.25, 0.3) is 5.91 Å². The minimum atomic E-state index is -1.12. The van der Waals surface area contributed by atoms with Crippen LogP contribution in [0.2, 0.25) is 5.02 Å². The Morgan fingerprint density at radius 2 is 2.12 bits per heavy atom. The number of imide groups is 1. The Labute approximate surface area is 146 Å². The number of hydrogen-bond acceptors (Lipinski definition) is 5. The van der Waals surface area contributed by atoms with E-state index in [-0.39, 0.29) is 5.78 Å². The number of methoxy groups -OCH3 is 1. The fraction of sp³-hybridized carbons (Fsp3) is 0.188. The Kier molecular flexibility index (Phi) is 4.40. The number of anilines is 1. The molecule has 124 valence electrons. The van der Waals surface area contributed by atoms with Crippen LogP contribution >= 0.6 is 22.9 Å². The van der Waals surface area contributed by atoms with Gasteiger partial charge in [-0.15, -0.1) is 11.3 Å². The average Bonchev–Trinajstić information content (AvgIpc) is 3.08. The maximum Gasteiger partial charge on any atom is 0.326 e. The number of carbonyl (C=O) groups excluding carboxylic acids is 3. The Hall–Kier alpha value is -2.22. The third-order valence-electron chi connectivity index (χ3n) is 3.70. The topological polar surface area (TPSA) is 89.7 Å². The van der Waals surface area contributed by atoms with Crippen molar-refractivity contribution in [1.82, 2.24) is 0 Å². The number of carbonyl (C=O) groups is 3. The second kappa shape index (κ2) is 6.35. The lowest BCUT2D eigenvalue weighted by Gasteiger charge is -2.12. The number of rotatable bonds is 4. The number of urea groups is 1. The van der Waals surface area contributed by atoms with Crippen LogP contribution in [0.5, 0.6) is 0 Å². The van der Waals surface area contributed by atoms with Crippen LogP contribution in [0.25, 0.3) is 0 Å². The number of benzene rings is 1. The number of halogens is 1. The van der Waals surface area contributed by atoms with Crippen LogP contribution in [-0.4, -0.2) is 24.8 Å². The average molecular weight is 365 g/mol. The molecule has 24 heavy (non-hydrogen) atoms. The van der Waals surface area contributed by atoms with Crippen molar-refractivity contribution in [3.05, 3.63) is 50.7 Å². The predicted molar refractivity (Wildman–Crippen MR) is 90.6 cm³/mol. The van der Waals surface area contributed by atoms with Crippen molar-refractivity contribution < 1.29 is 19.1 Å². The number of ether oxygens (including phenoxy) is 1. The van der Waals surface area contributed by atoms with E-state index in [1.165, 1.54) is 29.5 Å². The zero-order valence-corrected chi connectivity index (χ0v) is 14.2. The lowest BCUT2D eigenvalue weighted by molar-refractivity contribution is -0.117. The van der Waals surface area contributed by atoms with Gasteiger partial charge in [0.15, 0.2) is 5.78 Å². The quantitative estimate of drug-likeness (QED) is 0.667. The van der Waals surface area contributed by atoms with Crippen molar-refractivity contribution in [3.8, 4) is 0 Å². The van der Waals surface area contributed by atoms with Crippen LogP contribution in [0.3, 0.4) is 0 Å². The Morgan fingerprint density at radius 3 is 2.79 bits per heavy atom. The van der Waals surface area contributed by atoms with Gasteiger partial charge < -0.3 is 10.5 Å². The molecule has 3 rings (SSSR count). The molecule has 2 heterocycles. The van der Waals surface area contributed by atoms with Gasteiger partial charge in [-0.2, -0.15) is 0 Å². The first kappa shape index (κ1) is 16.6. The van der Waals surface area contributed by atoms with Crippen LogP contribution in [0.15, 0.2) is 29.6 Å². The molecule has 1 aliphatic rings. The van der Waals surface area contributed by atoms with E-state index in [9.17, 15) is 14.4 Å². The maximum atomic E-state index is 12.8. The summed E-state index contributed by atoms with van der Waals surface area (Å²) in [5.41, 5.74) is 6.82. The second-order valence-corrected chi connectivity index (χ2v) is 6.61. The molecule has 0 aliphatic carbocycles. The highest BCUT2D eigenvalue weighted by Gasteiger charge is 2.44. The molecule has 3 amide bonds. The minimum Gasteiger partial charge on any atom is -0.380 e. The van der Waals surface area contributed by atoms with E-state index in [0.29, 0.717) is 27.8 Å². The Bertz CT molecular complexity index is 848.